The first kappa shape index (κ1) is 20.8. The molecule has 2 aliphatic rings. The average molecular weight is 453 g/mol. The Kier molecular flexibility index (Phi) is 5.28. The molecule has 0 saturated carbocycles. The minimum atomic E-state index is -3.85. The maximum Gasteiger partial charge on any atom is 0.261 e. The summed E-state index contributed by atoms with van der Waals surface area (Å²) in [5.74, 6) is 0.926. The van der Waals surface area contributed by atoms with Gasteiger partial charge in [-0.1, -0.05) is 0 Å². The van der Waals surface area contributed by atoms with Gasteiger partial charge in [-0.25, -0.2) is 13.4 Å². The van der Waals surface area contributed by atoms with Gasteiger partial charge in [0.1, 0.15) is 5.82 Å². The van der Waals surface area contributed by atoms with Crippen LogP contribution in [0.2, 0.25) is 0 Å². The number of nitrogens with one attached hydrogen (secondary N) is 2. The number of fused-ring (bicyclic) bond motifs is 3. The Balaban J connectivity index is 1.50. The molecule has 0 radical (unpaired) electrons. The number of hydrogen-bond acceptors (Lipinski definition) is 8. The van der Waals surface area contributed by atoms with Gasteiger partial charge < -0.3 is 5.32 Å². The summed E-state index contributed by atoms with van der Waals surface area (Å²) in [6.45, 7) is 3.38. The number of aromatic nitrogens is 4. The van der Waals surface area contributed by atoms with E-state index in [-0.39, 0.29) is 17.1 Å². The monoisotopic (exact) mass is 452 g/mol. The van der Waals surface area contributed by atoms with Gasteiger partial charge in [-0.2, -0.15) is 14.7 Å². The first-order chi connectivity index (χ1) is 15.5. The van der Waals surface area contributed by atoms with E-state index in [9.17, 15) is 8.42 Å². The molecule has 11 heteroatoms. The van der Waals surface area contributed by atoms with Crippen molar-refractivity contribution < 1.29 is 8.42 Å². The normalized spacial score (nSPS) is 21.6. The molecular weight excluding hydrogens is 428 g/mol. The standard InChI is InChI=1S/C21H24N8O2S/c1-14-10-20(27-26-14)24-19-11-18-17(4-2-8-23-18)21(25-19)32(30,31)28-12-15-5-6-16(13-28)29(15)9-3-7-22/h2,4,8,10-11,15-16H,3,5-6,9,12-13H2,1H3,(H2,24,25,26,27)/t15-,16+. The number of aryl methyl sites for hydroxylation is 1. The molecule has 2 aliphatic heterocycles. The molecule has 166 valence electrons. The summed E-state index contributed by atoms with van der Waals surface area (Å²) in [7, 11) is -3.85. The minimum Gasteiger partial charge on any atom is -0.323 e. The molecule has 2 atom stereocenters. The molecule has 0 spiro atoms. The zero-order valence-corrected chi connectivity index (χ0v) is 18.5. The second-order valence-electron chi connectivity index (χ2n) is 8.30. The summed E-state index contributed by atoms with van der Waals surface area (Å²) in [4.78, 5) is 11.2. The van der Waals surface area contributed by atoms with Gasteiger partial charge in [-0.05, 0) is 31.9 Å². The Morgan fingerprint density at radius 1 is 1.25 bits per heavy atom. The maximum absolute atomic E-state index is 13.8. The molecule has 0 aromatic carbocycles. The largest absolute Gasteiger partial charge is 0.323 e. The lowest BCUT2D eigenvalue weighted by molar-refractivity contribution is 0.113. The highest BCUT2D eigenvalue weighted by Gasteiger charge is 2.44. The van der Waals surface area contributed by atoms with Gasteiger partial charge >= 0.3 is 0 Å². The van der Waals surface area contributed by atoms with Crippen molar-refractivity contribution >= 4 is 32.6 Å². The molecule has 2 saturated heterocycles. The van der Waals surface area contributed by atoms with Crippen molar-refractivity contribution in [1.29, 1.82) is 5.26 Å². The van der Waals surface area contributed by atoms with Gasteiger partial charge in [0.05, 0.1) is 11.6 Å². The summed E-state index contributed by atoms with van der Waals surface area (Å²) in [6, 6.07) is 9.46. The Morgan fingerprint density at radius 2 is 2.03 bits per heavy atom. The fraction of sp³-hybridized carbons (Fsp3) is 0.429. The second kappa shape index (κ2) is 8.12. The minimum absolute atomic E-state index is 0.00253. The van der Waals surface area contributed by atoms with Crippen LogP contribution in [0, 0.1) is 18.3 Å². The molecule has 5 heterocycles. The van der Waals surface area contributed by atoms with Crippen LogP contribution in [0.4, 0.5) is 11.6 Å². The summed E-state index contributed by atoms with van der Waals surface area (Å²) in [5, 5.41) is 19.5. The highest BCUT2D eigenvalue weighted by molar-refractivity contribution is 7.89. The van der Waals surface area contributed by atoms with Gasteiger partial charge in [0.15, 0.2) is 10.8 Å². The Labute approximate surface area is 186 Å². The molecule has 2 N–H and O–H groups in total. The Bertz CT molecular complexity index is 1280. The third-order valence-corrected chi connectivity index (χ3v) is 7.97. The number of nitriles is 1. The van der Waals surface area contributed by atoms with E-state index >= 15 is 0 Å². The predicted octanol–water partition coefficient (Wildman–Crippen LogP) is 2.16. The zero-order valence-electron chi connectivity index (χ0n) is 17.7. The lowest BCUT2D eigenvalue weighted by Gasteiger charge is -2.39. The number of hydrogen-bond donors (Lipinski definition) is 2. The molecule has 0 amide bonds. The predicted molar refractivity (Wildman–Crippen MR) is 119 cm³/mol. The van der Waals surface area contributed by atoms with Gasteiger partial charge in [0.25, 0.3) is 10.0 Å². The van der Waals surface area contributed by atoms with Crippen molar-refractivity contribution in [1.82, 2.24) is 29.4 Å². The summed E-state index contributed by atoms with van der Waals surface area (Å²) >= 11 is 0. The summed E-state index contributed by atoms with van der Waals surface area (Å²) < 4.78 is 29.1. The number of piperazine rings is 1. The Hall–Kier alpha value is -3.07. The number of pyridine rings is 2. The van der Waals surface area contributed by atoms with Gasteiger partial charge in [0.2, 0.25) is 0 Å². The molecule has 10 nitrogen and oxygen atoms in total. The van der Waals surface area contributed by atoms with Crippen LogP contribution in [-0.2, 0) is 10.0 Å². The van der Waals surface area contributed by atoms with Crippen molar-refractivity contribution in [3.05, 3.63) is 36.2 Å². The van der Waals surface area contributed by atoms with E-state index < -0.39 is 10.0 Å². The Morgan fingerprint density at radius 3 is 2.72 bits per heavy atom. The number of rotatable bonds is 6. The van der Waals surface area contributed by atoms with Gasteiger partial charge in [0, 0.05) is 67.5 Å². The summed E-state index contributed by atoms with van der Waals surface area (Å²) in [6.07, 6.45) is 3.98. The molecule has 2 bridgehead atoms. The number of nitrogens with zero attached hydrogens (tertiary/aromatic N) is 6. The third-order valence-electron chi connectivity index (χ3n) is 6.19. The molecule has 0 aliphatic carbocycles. The molecule has 0 unspecified atom stereocenters. The fourth-order valence-corrected chi connectivity index (χ4v) is 6.38. The van der Waals surface area contributed by atoms with Crippen LogP contribution >= 0.6 is 0 Å². The summed E-state index contributed by atoms with van der Waals surface area (Å²) in [5.41, 5.74) is 1.43. The third kappa shape index (κ3) is 3.70. The quantitative estimate of drug-likeness (QED) is 0.582. The van der Waals surface area contributed by atoms with E-state index in [1.807, 2.05) is 13.0 Å². The van der Waals surface area contributed by atoms with E-state index in [2.05, 4.69) is 36.5 Å². The molecule has 32 heavy (non-hydrogen) atoms. The van der Waals surface area contributed by atoms with E-state index in [1.54, 1.807) is 28.7 Å². The molecular formula is C21H24N8O2S. The van der Waals surface area contributed by atoms with E-state index in [1.165, 1.54) is 0 Å². The number of anilines is 2. The van der Waals surface area contributed by atoms with Crippen LogP contribution in [0.1, 0.15) is 25.0 Å². The molecule has 3 aromatic heterocycles. The van der Waals surface area contributed by atoms with Crippen molar-refractivity contribution in [3.63, 3.8) is 0 Å². The van der Waals surface area contributed by atoms with Crippen LogP contribution in [0.25, 0.3) is 10.9 Å². The zero-order chi connectivity index (χ0) is 22.3. The van der Waals surface area contributed by atoms with Crippen LogP contribution in [0.3, 0.4) is 0 Å². The van der Waals surface area contributed by atoms with E-state index in [0.717, 1.165) is 18.5 Å². The van der Waals surface area contributed by atoms with Crippen molar-refractivity contribution in [2.45, 2.75) is 43.3 Å². The van der Waals surface area contributed by atoms with Crippen LogP contribution in [-0.4, -0.2) is 69.5 Å². The van der Waals surface area contributed by atoms with Crippen molar-refractivity contribution in [2.24, 2.45) is 0 Å². The number of aromatic amines is 1. The lowest BCUT2D eigenvalue weighted by atomic mass is 10.2. The van der Waals surface area contributed by atoms with Crippen LogP contribution in [0.5, 0.6) is 0 Å². The van der Waals surface area contributed by atoms with E-state index in [4.69, 9.17) is 5.26 Å². The number of H-pyrrole nitrogens is 1. The molecule has 5 rings (SSSR count). The smallest absolute Gasteiger partial charge is 0.261 e. The SMILES string of the molecule is Cc1cc(Nc2cc3ncccc3c(S(=O)(=O)N3C[C@H]4CC[C@@H](C3)N4CCC#N)n2)n[nH]1. The topological polar surface area (TPSA) is 131 Å². The van der Waals surface area contributed by atoms with E-state index in [0.29, 0.717) is 48.6 Å². The first-order valence-electron chi connectivity index (χ1n) is 10.6. The first-order valence-corrected chi connectivity index (χ1v) is 12.1. The average Bonchev–Trinajstić information content (AvgIpc) is 3.29. The highest BCUT2D eigenvalue weighted by atomic mass is 32.2. The number of sulfonamides is 1. The highest BCUT2D eigenvalue weighted by Crippen LogP contribution is 2.34. The van der Waals surface area contributed by atoms with Gasteiger partial charge in [-0.3, -0.25) is 15.0 Å². The maximum atomic E-state index is 13.8. The fourth-order valence-electron chi connectivity index (χ4n) is 4.73. The van der Waals surface area contributed by atoms with Crippen LogP contribution < -0.4 is 5.32 Å². The molecule has 2 fully saturated rings. The molecule has 3 aromatic rings. The lowest BCUT2D eigenvalue weighted by Crippen LogP contribution is -2.55. The van der Waals surface area contributed by atoms with Crippen LogP contribution in [0.15, 0.2) is 35.5 Å². The van der Waals surface area contributed by atoms with Crippen molar-refractivity contribution in [2.75, 3.05) is 25.0 Å². The van der Waals surface area contributed by atoms with Crippen molar-refractivity contribution in [3.8, 4) is 6.07 Å². The van der Waals surface area contributed by atoms with Gasteiger partial charge in [-0.15, -0.1) is 0 Å². The second-order valence-corrected chi connectivity index (χ2v) is 10.2.